The van der Waals surface area contributed by atoms with Gasteiger partial charge >= 0.3 is 5.63 Å². The molecular weight excluding hydrogens is 356 g/mol. The predicted molar refractivity (Wildman–Crippen MR) is 95.2 cm³/mol. The summed E-state index contributed by atoms with van der Waals surface area (Å²) in [5, 5.41) is 0.953. The van der Waals surface area contributed by atoms with E-state index >= 15 is 0 Å². The molecule has 0 aliphatic carbocycles. The molecule has 118 valence electrons. The van der Waals surface area contributed by atoms with Crippen LogP contribution >= 0.6 is 15.9 Å². The summed E-state index contributed by atoms with van der Waals surface area (Å²) >= 11 is 3.45. The predicted octanol–water partition coefficient (Wildman–Crippen LogP) is 5.06. The second-order valence-electron chi connectivity index (χ2n) is 5.62. The lowest BCUT2D eigenvalue weighted by atomic mass is 10.0. The number of halogens is 1. The van der Waals surface area contributed by atoms with Gasteiger partial charge in [0, 0.05) is 21.0 Å². The Balaban J connectivity index is 1.98. The molecule has 0 amide bonds. The maximum Gasteiger partial charge on any atom is 0.339 e. The third-order valence-electron chi connectivity index (χ3n) is 4.11. The van der Waals surface area contributed by atoms with Crippen LogP contribution in [0.5, 0.6) is 5.75 Å². The van der Waals surface area contributed by atoms with Crippen molar-refractivity contribution >= 4 is 26.9 Å². The SMILES string of the molecule is Cc1c(C)c2ccc(OCc3cccc(Br)c3)c(C)c2oc1=O. The maximum atomic E-state index is 11.9. The second-order valence-corrected chi connectivity index (χ2v) is 6.54. The molecule has 0 saturated heterocycles. The number of benzene rings is 2. The molecule has 0 fully saturated rings. The van der Waals surface area contributed by atoms with Crippen molar-refractivity contribution in [1.29, 1.82) is 0 Å². The van der Waals surface area contributed by atoms with Gasteiger partial charge in [0.2, 0.25) is 0 Å². The number of hydrogen-bond donors (Lipinski definition) is 0. The highest BCUT2D eigenvalue weighted by Crippen LogP contribution is 2.29. The highest BCUT2D eigenvalue weighted by molar-refractivity contribution is 9.10. The fraction of sp³-hybridized carbons (Fsp3) is 0.211. The van der Waals surface area contributed by atoms with E-state index in [4.69, 9.17) is 9.15 Å². The Morgan fingerprint density at radius 3 is 2.57 bits per heavy atom. The van der Waals surface area contributed by atoms with Gasteiger partial charge in [-0.3, -0.25) is 0 Å². The Labute approximate surface area is 143 Å². The lowest BCUT2D eigenvalue weighted by Gasteiger charge is -2.12. The van der Waals surface area contributed by atoms with E-state index in [1.54, 1.807) is 6.92 Å². The summed E-state index contributed by atoms with van der Waals surface area (Å²) in [6, 6.07) is 11.9. The molecule has 0 saturated carbocycles. The Morgan fingerprint density at radius 2 is 1.83 bits per heavy atom. The minimum atomic E-state index is -0.290. The molecule has 1 aromatic heterocycles. The van der Waals surface area contributed by atoms with Gasteiger partial charge in [0.1, 0.15) is 17.9 Å². The summed E-state index contributed by atoms with van der Waals surface area (Å²) in [7, 11) is 0. The molecule has 2 aromatic carbocycles. The molecular formula is C19H17BrO3. The molecule has 0 aliphatic heterocycles. The summed E-state index contributed by atoms with van der Waals surface area (Å²) in [6.45, 7) is 6.10. The number of fused-ring (bicyclic) bond motifs is 1. The Morgan fingerprint density at radius 1 is 1.04 bits per heavy atom. The minimum Gasteiger partial charge on any atom is -0.488 e. The van der Waals surface area contributed by atoms with Crippen molar-refractivity contribution in [1.82, 2.24) is 0 Å². The topological polar surface area (TPSA) is 39.4 Å². The average molecular weight is 373 g/mol. The first-order chi connectivity index (χ1) is 11.0. The number of hydrogen-bond acceptors (Lipinski definition) is 3. The van der Waals surface area contributed by atoms with Gasteiger partial charge in [-0.05, 0) is 56.2 Å². The van der Waals surface area contributed by atoms with E-state index in [-0.39, 0.29) is 5.63 Å². The normalized spacial score (nSPS) is 11.0. The van der Waals surface area contributed by atoms with Crippen LogP contribution in [0.4, 0.5) is 0 Å². The van der Waals surface area contributed by atoms with E-state index in [9.17, 15) is 4.79 Å². The zero-order valence-corrected chi connectivity index (χ0v) is 14.9. The van der Waals surface area contributed by atoms with Crippen molar-refractivity contribution in [3.8, 4) is 5.75 Å². The van der Waals surface area contributed by atoms with Gasteiger partial charge in [0.05, 0.1) is 0 Å². The quantitative estimate of drug-likeness (QED) is 0.603. The van der Waals surface area contributed by atoms with Crippen LogP contribution < -0.4 is 10.4 Å². The zero-order valence-electron chi connectivity index (χ0n) is 13.3. The fourth-order valence-electron chi connectivity index (χ4n) is 2.57. The van der Waals surface area contributed by atoms with Gasteiger partial charge in [0.25, 0.3) is 0 Å². The summed E-state index contributed by atoms with van der Waals surface area (Å²) in [6.07, 6.45) is 0. The summed E-state index contributed by atoms with van der Waals surface area (Å²) in [5.74, 6) is 0.726. The Hall–Kier alpha value is -2.07. The van der Waals surface area contributed by atoms with Gasteiger partial charge in [-0.1, -0.05) is 28.1 Å². The Kier molecular flexibility index (Phi) is 4.26. The van der Waals surface area contributed by atoms with Crippen molar-refractivity contribution in [2.45, 2.75) is 27.4 Å². The van der Waals surface area contributed by atoms with Crippen LogP contribution in [0, 0.1) is 20.8 Å². The number of aryl methyl sites for hydroxylation is 2. The van der Waals surface area contributed by atoms with Crippen LogP contribution in [0.15, 0.2) is 50.1 Å². The molecule has 23 heavy (non-hydrogen) atoms. The molecule has 0 spiro atoms. The first kappa shape index (κ1) is 15.8. The number of ether oxygens (including phenoxy) is 1. The van der Waals surface area contributed by atoms with Gasteiger partial charge in [-0.15, -0.1) is 0 Å². The van der Waals surface area contributed by atoms with Crippen LogP contribution in [0.3, 0.4) is 0 Å². The molecule has 0 N–H and O–H groups in total. The third-order valence-corrected chi connectivity index (χ3v) is 4.60. The van der Waals surface area contributed by atoms with Crippen LogP contribution in [0.1, 0.15) is 22.3 Å². The largest absolute Gasteiger partial charge is 0.488 e. The highest BCUT2D eigenvalue weighted by Gasteiger charge is 2.12. The van der Waals surface area contributed by atoms with Crippen molar-refractivity contribution in [3.63, 3.8) is 0 Å². The standard InChI is InChI=1S/C19H17BrO3/c1-11-12(2)19(21)23-18-13(3)17(8-7-16(11)18)22-10-14-5-4-6-15(20)9-14/h4-9H,10H2,1-3H3. The molecule has 4 heteroatoms. The molecule has 3 rings (SSSR count). The van der Waals surface area contributed by atoms with Crippen molar-refractivity contribution in [2.24, 2.45) is 0 Å². The van der Waals surface area contributed by atoms with E-state index < -0.39 is 0 Å². The lowest BCUT2D eigenvalue weighted by molar-refractivity contribution is 0.304. The van der Waals surface area contributed by atoms with Gasteiger partial charge in [-0.2, -0.15) is 0 Å². The molecule has 0 unspecified atom stereocenters. The summed E-state index contributed by atoms with van der Waals surface area (Å²) in [5.41, 5.74) is 3.84. The first-order valence-corrected chi connectivity index (χ1v) is 8.17. The van der Waals surface area contributed by atoms with Crippen LogP contribution in [-0.2, 0) is 6.61 Å². The minimum absolute atomic E-state index is 0.290. The van der Waals surface area contributed by atoms with Crippen LogP contribution in [0.25, 0.3) is 11.0 Å². The van der Waals surface area contributed by atoms with E-state index in [0.717, 1.165) is 32.3 Å². The first-order valence-electron chi connectivity index (χ1n) is 7.38. The van der Waals surface area contributed by atoms with Gasteiger partial charge in [-0.25, -0.2) is 4.79 Å². The van der Waals surface area contributed by atoms with Crippen LogP contribution in [0.2, 0.25) is 0 Å². The van der Waals surface area contributed by atoms with Gasteiger partial charge in [0.15, 0.2) is 0 Å². The third kappa shape index (κ3) is 3.04. The summed E-state index contributed by atoms with van der Waals surface area (Å²) < 4.78 is 12.4. The van der Waals surface area contributed by atoms with Crippen molar-refractivity contribution in [2.75, 3.05) is 0 Å². The molecule has 0 aliphatic rings. The molecule has 0 atom stereocenters. The van der Waals surface area contributed by atoms with Crippen LogP contribution in [-0.4, -0.2) is 0 Å². The molecule has 3 nitrogen and oxygen atoms in total. The van der Waals surface area contributed by atoms with Crippen molar-refractivity contribution in [3.05, 3.63) is 73.5 Å². The molecule has 3 aromatic rings. The smallest absolute Gasteiger partial charge is 0.339 e. The van der Waals surface area contributed by atoms with E-state index in [0.29, 0.717) is 17.8 Å². The monoisotopic (exact) mass is 372 g/mol. The van der Waals surface area contributed by atoms with E-state index in [2.05, 4.69) is 15.9 Å². The zero-order chi connectivity index (χ0) is 16.6. The maximum absolute atomic E-state index is 11.9. The lowest BCUT2D eigenvalue weighted by Crippen LogP contribution is -2.06. The highest BCUT2D eigenvalue weighted by atomic mass is 79.9. The molecule has 1 heterocycles. The van der Waals surface area contributed by atoms with Gasteiger partial charge < -0.3 is 9.15 Å². The van der Waals surface area contributed by atoms with E-state index in [1.807, 2.05) is 50.2 Å². The summed E-state index contributed by atoms with van der Waals surface area (Å²) in [4.78, 5) is 11.9. The van der Waals surface area contributed by atoms with Crippen molar-refractivity contribution < 1.29 is 9.15 Å². The average Bonchev–Trinajstić information content (AvgIpc) is 2.53. The van der Waals surface area contributed by atoms with E-state index in [1.165, 1.54) is 0 Å². The molecule has 0 radical (unpaired) electrons. The second kappa shape index (κ2) is 6.20. The molecule has 0 bridgehead atoms. The Bertz CT molecular complexity index is 941. The number of rotatable bonds is 3. The fourth-order valence-corrected chi connectivity index (χ4v) is 3.02.